The summed E-state index contributed by atoms with van der Waals surface area (Å²) in [7, 11) is 1.93. The van der Waals surface area contributed by atoms with Crippen molar-refractivity contribution in [2.45, 2.75) is 37.0 Å². The number of nitrogens with zero attached hydrogens (tertiary/aromatic N) is 1. The topological polar surface area (TPSA) is 67.9 Å². The van der Waals surface area contributed by atoms with Gasteiger partial charge in [-0.25, -0.2) is 8.78 Å². The van der Waals surface area contributed by atoms with Gasteiger partial charge in [0, 0.05) is 44.6 Å². The highest BCUT2D eigenvalue weighted by Crippen LogP contribution is 2.50. The Kier molecular flexibility index (Phi) is 7.20. The number of ether oxygens (including phenoxy) is 2. The summed E-state index contributed by atoms with van der Waals surface area (Å²) < 4.78 is 81.0. The van der Waals surface area contributed by atoms with E-state index in [1.54, 1.807) is 12.1 Å². The molecule has 0 aromatic heterocycles. The molecular weight excluding hydrogens is 499 g/mol. The van der Waals surface area contributed by atoms with Crippen LogP contribution < -0.4 is 10.1 Å². The Balaban J connectivity index is 1.64. The lowest BCUT2D eigenvalue weighted by Crippen LogP contribution is -2.60. The maximum Gasteiger partial charge on any atom is 0.430 e. The average Bonchev–Trinajstić information content (AvgIpc) is 2.85. The van der Waals surface area contributed by atoms with Gasteiger partial charge in [-0.1, -0.05) is 18.2 Å². The molecule has 2 fully saturated rings. The van der Waals surface area contributed by atoms with Crippen LogP contribution in [0.1, 0.15) is 36.3 Å². The third-order valence-corrected chi connectivity index (χ3v) is 7.64. The van der Waals surface area contributed by atoms with Crippen molar-refractivity contribution >= 4 is 11.8 Å². The molecule has 2 aromatic carbocycles. The second-order valence-electron chi connectivity index (χ2n) is 9.47. The quantitative estimate of drug-likeness (QED) is 0.591. The highest BCUT2D eigenvalue weighted by atomic mass is 19.4. The number of benzene rings is 2. The van der Waals surface area contributed by atoms with Gasteiger partial charge in [-0.2, -0.15) is 13.2 Å². The highest BCUT2D eigenvalue weighted by molar-refractivity contribution is 5.88. The van der Waals surface area contributed by atoms with Crippen molar-refractivity contribution in [3.05, 3.63) is 65.2 Å². The second kappa shape index (κ2) is 9.92. The van der Waals surface area contributed by atoms with Crippen molar-refractivity contribution in [1.29, 1.82) is 0 Å². The van der Waals surface area contributed by atoms with Gasteiger partial charge in [0.05, 0.1) is 7.11 Å². The van der Waals surface area contributed by atoms with E-state index < -0.39 is 40.3 Å². The summed E-state index contributed by atoms with van der Waals surface area (Å²) in [4.78, 5) is 26.9. The Bertz CT molecular complexity index is 1160. The first-order valence-corrected chi connectivity index (χ1v) is 11.7. The van der Waals surface area contributed by atoms with Crippen molar-refractivity contribution in [3.8, 4) is 5.75 Å². The molecular formula is C26H27F5N2O4. The molecule has 0 saturated carbocycles. The van der Waals surface area contributed by atoms with Crippen LogP contribution in [0, 0.1) is 17.0 Å². The molecule has 6 nitrogen and oxygen atoms in total. The fourth-order valence-electron chi connectivity index (χ4n) is 5.62. The first-order valence-electron chi connectivity index (χ1n) is 11.7. The lowest BCUT2D eigenvalue weighted by Gasteiger charge is -2.50. The molecule has 0 radical (unpaired) electrons. The van der Waals surface area contributed by atoms with E-state index in [9.17, 15) is 31.5 Å². The van der Waals surface area contributed by atoms with Crippen molar-refractivity contribution < 1.29 is 41.0 Å². The van der Waals surface area contributed by atoms with E-state index in [4.69, 9.17) is 9.47 Å². The monoisotopic (exact) mass is 526 g/mol. The van der Waals surface area contributed by atoms with Crippen LogP contribution in [0.3, 0.4) is 0 Å². The fraction of sp³-hybridized carbons (Fsp3) is 0.462. The Hall–Kier alpha value is -3.21. The van der Waals surface area contributed by atoms with Crippen molar-refractivity contribution in [3.63, 3.8) is 0 Å². The van der Waals surface area contributed by atoms with Gasteiger partial charge in [-0.3, -0.25) is 9.59 Å². The number of piperidine rings is 2. The number of rotatable bonds is 5. The van der Waals surface area contributed by atoms with Crippen LogP contribution in [0.5, 0.6) is 5.75 Å². The molecule has 2 heterocycles. The summed E-state index contributed by atoms with van der Waals surface area (Å²) in [5, 5.41) is 2.81. The minimum atomic E-state index is -5.20. The van der Waals surface area contributed by atoms with E-state index >= 15 is 0 Å². The van der Waals surface area contributed by atoms with Crippen molar-refractivity contribution in [2.75, 3.05) is 33.9 Å². The smallest absolute Gasteiger partial charge is 0.430 e. The molecule has 200 valence electrons. The maximum absolute atomic E-state index is 14.5. The minimum absolute atomic E-state index is 0.0658. The summed E-state index contributed by atoms with van der Waals surface area (Å²) in [5.41, 5.74) is -3.94. The van der Waals surface area contributed by atoms with Gasteiger partial charge in [0.1, 0.15) is 5.82 Å². The highest BCUT2D eigenvalue weighted by Gasteiger charge is 2.64. The van der Waals surface area contributed by atoms with E-state index in [2.05, 4.69) is 5.32 Å². The van der Waals surface area contributed by atoms with Gasteiger partial charge < -0.3 is 19.7 Å². The molecule has 1 N–H and O–H groups in total. The largest absolute Gasteiger partial charge is 0.494 e. The fourth-order valence-corrected chi connectivity index (χ4v) is 5.62. The number of amides is 2. The molecule has 2 amide bonds. The molecule has 4 rings (SSSR count). The zero-order chi connectivity index (χ0) is 27.0. The number of hydrogen-bond acceptors (Lipinski definition) is 4. The molecule has 0 aliphatic carbocycles. The first kappa shape index (κ1) is 26.8. The lowest BCUT2D eigenvalue weighted by molar-refractivity contribution is -0.271. The molecule has 11 heteroatoms. The Morgan fingerprint density at radius 2 is 1.70 bits per heavy atom. The number of nitrogens with one attached hydrogen (secondary N) is 1. The average molecular weight is 527 g/mol. The van der Waals surface area contributed by atoms with E-state index in [0.717, 1.165) is 29.7 Å². The molecule has 2 atom stereocenters. The zero-order valence-electron chi connectivity index (χ0n) is 20.3. The van der Waals surface area contributed by atoms with Crippen molar-refractivity contribution in [2.24, 2.45) is 5.41 Å². The number of alkyl halides is 3. The molecule has 1 spiro atoms. The standard InChI is InChI=1S/C26H27F5N2O4/c1-36-21-8-5-17(13-20(21)28)25(37-2,26(29,30)31)23(35)33-11-9-24(10-12-33)14-22(34)32-15-19(24)16-3-6-18(27)7-4-16/h3-8,13,19H,9-12,14-15H2,1-2H3,(H,32,34)/t19-,25+/m0/s1. The molecule has 0 unspecified atom stereocenters. The Labute approximate surface area is 210 Å². The summed E-state index contributed by atoms with van der Waals surface area (Å²) >= 11 is 0. The maximum atomic E-state index is 14.5. The predicted molar refractivity (Wildman–Crippen MR) is 123 cm³/mol. The third kappa shape index (κ3) is 4.65. The lowest BCUT2D eigenvalue weighted by atomic mass is 9.62. The zero-order valence-corrected chi connectivity index (χ0v) is 20.3. The van der Waals surface area contributed by atoms with Gasteiger partial charge in [-0.05, 0) is 48.1 Å². The van der Waals surface area contributed by atoms with Crippen LogP contribution in [-0.4, -0.2) is 56.7 Å². The van der Waals surface area contributed by atoms with Crippen LogP contribution in [0.4, 0.5) is 22.0 Å². The van der Waals surface area contributed by atoms with Gasteiger partial charge in [0.2, 0.25) is 5.91 Å². The number of carbonyl (C=O) groups excluding carboxylic acids is 2. The van der Waals surface area contributed by atoms with E-state index in [1.165, 1.54) is 19.2 Å². The van der Waals surface area contributed by atoms with Crippen LogP contribution >= 0.6 is 0 Å². The number of carbonyl (C=O) groups is 2. The number of likely N-dealkylation sites (tertiary alicyclic amines) is 1. The number of hydrogen-bond donors (Lipinski definition) is 1. The summed E-state index contributed by atoms with van der Waals surface area (Å²) in [6.07, 6.45) is -4.56. The van der Waals surface area contributed by atoms with Crippen LogP contribution in [0.15, 0.2) is 42.5 Å². The predicted octanol–water partition coefficient (Wildman–Crippen LogP) is 4.29. The minimum Gasteiger partial charge on any atom is -0.494 e. The Morgan fingerprint density at radius 3 is 2.24 bits per heavy atom. The van der Waals surface area contributed by atoms with Crippen LogP contribution in [0.2, 0.25) is 0 Å². The molecule has 2 aromatic rings. The molecule has 2 aliphatic heterocycles. The van der Waals surface area contributed by atoms with Gasteiger partial charge in [0.25, 0.3) is 11.5 Å². The van der Waals surface area contributed by atoms with E-state index in [0.29, 0.717) is 12.6 Å². The van der Waals surface area contributed by atoms with Gasteiger partial charge in [-0.15, -0.1) is 0 Å². The molecule has 0 bridgehead atoms. The summed E-state index contributed by atoms with van der Waals surface area (Å²) in [6.45, 7) is 0.168. The third-order valence-electron chi connectivity index (χ3n) is 7.64. The summed E-state index contributed by atoms with van der Waals surface area (Å²) in [6, 6.07) is 8.47. The normalized spacial score (nSPS) is 21.3. The van der Waals surface area contributed by atoms with E-state index in [-0.39, 0.29) is 49.9 Å². The van der Waals surface area contributed by atoms with Gasteiger partial charge >= 0.3 is 6.18 Å². The molecule has 2 aliphatic rings. The first-order chi connectivity index (χ1) is 17.5. The Morgan fingerprint density at radius 1 is 1.05 bits per heavy atom. The van der Waals surface area contributed by atoms with E-state index in [1.807, 2.05) is 0 Å². The number of methoxy groups -OCH3 is 2. The second-order valence-corrected chi connectivity index (χ2v) is 9.47. The summed E-state index contributed by atoms with van der Waals surface area (Å²) in [5.74, 6) is -3.49. The van der Waals surface area contributed by atoms with Crippen molar-refractivity contribution in [1.82, 2.24) is 10.2 Å². The SMILES string of the molecule is COc1ccc([C@@](OC)(C(=O)N2CCC3(CC2)CC(=O)NC[C@H]3c2ccc(F)cc2)C(F)(F)F)cc1F. The van der Waals surface area contributed by atoms with Crippen LogP contribution in [0.25, 0.3) is 0 Å². The van der Waals surface area contributed by atoms with Crippen LogP contribution in [-0.2, 0) is 19.9 Å². The number of halogens is 5. The molecule has 37 heavy (non-hydrogen) atoms. The molecule has 2 saturated heterocycles. The van der Waals surface area contributed by atoms with Gasteiger partial charge in [0.15, 0.2) is 11.6 Å².